The van der Waals surface area contributed by atoms with E-state index in [1.165, 1.54) is 16.7 Å². The highest BCUT2D eigenvalue weighted by molar-refractivity contribution is 5.25. The van der Waals surface area contributed by atoms with Gasteiger partial charge in [-0.2, -0.15) is 0 Å². The maximum atomic E-state index is 5.78. The molecule has 0 fully saturated rings. The van der Waals surface area contributed by atoms with Crippen molar-refractivity contribution >= 4 is 0 Å². The van der Waals surface area contributed by atoms with E-state index >= 15 is 0 Å². The molecule has 3 aromatic rings. The van der Waals surface area contributed by atoms with Gasteiger partial charge >= 0.3 is 0 Å². The second kappa shape index (κ2) is 7.53. The zero-order valence-corrected chi connectivity index (χ0v) is 14.2. The van der Waals surface area contributed by atoms with Gasteiger partial charge in [0.15, 0.2) is 0 Å². The van der Waals surface area contributed by atoms with Crippen LogP contribution in [-0.2, 0) is 26.0 Å². The van der Waals surface area contributed by atoms with Gasteiger partial charge in [0.25, 0.3) is 0 Å². The summed E-state index contributed by atoms with van der Waals surface area (Å²) >= 11 is 0. The molecule has 1 atom stereocenters. The van der Waals surface area contributed by atoms with Gasteiger partial charge < -0.3 is 14.6 Å². The number of fused-ring (bicyclic) bond motifs is 1. The summed E-state index contributed by atoms with van der Waals surface area (Å²) in [6, 6.07) is 19.0. The minimum Gasteiger partial charge on any atom is -0.489 e. The van der Waals surface area contributed by atoms with Crippen molar-refractivity contribution in [1.82, 2.24) is 10.5 Å². The van der Waals surface area contributed by atoms with Crippen molar-refractivity contribution in [3.8, 4) is 5.75 Å². The lowest BCUT2D eigenvalue weighted by Gasteiger charge is -2.21. The van der Waals surface area contributed by atoms with Crippen LogP contribution in [0.25, 0.3) is 0 Å². The Morgan fingerprint density at radius 1 is 1.04 bits per heavy atom. The number of aryl methyl sites for hydroxylation is 1. The molecule has 0 aliphatic heterocycles. The van der Waals surface area contributed by atoms with Gasteiger partial charge in [-0.25, -0.2) is 0 Å². The van der Waals surface area contributed by atoms with E-state index in [1.807, 2.05) is 36.5 Å². The molecular formula is C21H22N2O2. The number of rotatable bonds is 6. The molecule has 1 heterocycles. The molecule has 4 heteroatoms. The Balaban J connectivity index is 1.26. The van der Waals surface area contributed by atoms with Gasteiger partial charge in [-0.1, -0.05) is 47.6 Å². The summed E-state index contributed by atoms with van der Waals surface area (Å²) in [6.45, 7) is 1.46. The van der Waals surface area contributed by atoms with Crippen molar-refractivity contribution in [2.75, 3.05) is 0 Å². The molecule has 0 bridgehead atoms. The molecular weight excluding hydrogens is 312 g/mol. The molecule has 0 spiro atoms. The zero-order valence-electron chi connectivity index (χ0n) is 14.2. The second-order valence-corrected chi connectivity index (χ2v) is 6.51. The fourth-order valence-corrected chi connectivity index (χ4v) is 3.19. The van der Waals surface area contributed by atoms with Crippen LogP contribution < -0.4 is 10.1 Å². The van der Waals surface area contributed by atoms with Gasteiger partial charge in [0.2, 0.25) is 0 Å². The van der Waals surface area contributed by atoms with E-state index in [1.54, 1.807) is 0 Å². The average molecular weight is 334 g/mol. The molecule has 2 aromatic carbocycles. The molecule has 0 amide bonds. The van der Waals surface area contributed by atoms with Crippen LogP contribution in [0, 0.1) is 0 Å². The van der Waals surface area contributed by atoms with Crippen molar-refractivity contribution in [2.24, 2.45) is 0 Å². The van der Waals surface area contributed by atoms with Crippen molar-refractivity contribution in [3.05, 3.63) is 83.2 Å². The molecule has 25 heavy (non-hydrogen) atoms. The van der Waals surface area contributed by atoms with Crippen LogP contribution in [-0.4, -0.2) is 11.2 Å². The van der Waals surface area contributed by atoms with E-state index < -0.39 is 0 Å². The predicted molar refractivity (Wildman–Crippen MR) is 96.4 cm³/mol. The molecule has 128 valence electrons. The Kier molecular flexibility index (Phi) is 4.79. The maximum Gasteiger partial charge on any atom is 0.141 e. The largest absolute Gasteiger partial charge is 0.489 e. The van der Waals surface area contributed by atoms with Gasteiger partial charge in [-0.3, -0.25) is 0 Å². The summed E-state index contributed by atoms with van der Waals surface area (Å²) in [5, 5.41) is 7.52. The summed E-state index contributed by atoms with van der Waals surface area (Å²) in [4.78, 5) is 0. The van der Waals surface area contributed by atoms with Crippen LogP contribution >= 0.6 is 0 Å². The third-order valence-electron chi connectivity index (χ3n) is 4.69. The molecule has 0 saturated heterocycles. The first-order valence-electron chi connectivity index (χ1n) is 8.78. The van der Waals surface area contributed by atoms with E-state index in [2.05, 4.69) is 34.7 Å². The SMILES string of the molecule is c1ccc(OCc2ccc(CNC3CCc4cnoc4C3)cc2)cc1. The number of nitrogens with zero attached hydrogens (tertiary/aromatic N) is 1. The van der Waals surface area contributed by atoms with E-state index in [-0.39, 0.29) is 0 Å². The highest BCUT2D eigenvalue weighted by Gasteiger charge is 2.21. The first-order chi connectivity index (χ1) is 12.4. The van der Waals surface area contributed by atoms with Gasteiger partial charge in [0.05, 0.1) is 6.20 Å². The minimum atomic E-state index is 0.460. The highest BCUT2D eigenvalue weighted by atomic mass is 16.5. The maximum absolute atomic E-state index is 5.78. The highest BCUT2D eigenvalue weighted by Crippen LogP contribution is 2.21. The molecule has 0 radical (unpaired) electrons. The average Bonchev–Trinajstić information content (AvgIpc) is 3.14. The number of benzene rings is 2. The number of ether oxygens (including phenoxy) is 1. The van der Waals surface area contributed by atoms with Gasteiger partial charge in [0, 0.05) is 24.6 Å². The van der Waals surface area contributed by atoms with Crippen LogP contribution in [0.5, 0.6) is 5.75 Å². The lowest BCUT2D eigenvalue weighted by molar-refractivity contribution is 0.306. The third kappa shape index (κ3) is 4.09. The number of para-hydroxylation sites is 1. The molecule has 1 aliphatic carbocycles. The summed E-state index contributed by atoms with van der Waals surface area (Å²) < 4.78 is 11.1. The van der Waals surface area contributed by atoms with Crippen molar-refractivity contribution in [1.29, 1.82) is 0 Å². The number of nitrogens with one attached hydrogen (secondary N) is 1. The lowest BCUT2D eigenvalue weighted by Crippen LogP contribution is -2.33. The monoisotopic (exact) mass is 334 g/mol. The molecule has 1 unspecified atom stereocenters. The summed E-state index contributed by atoms with van der Waals surface area (Å²) in [6.07, 6.45) is 4.96. The third-order valence-corrected chi connectivity index (χ3v) is 4.69. The Labute approximate surface area is 147 Å². The van der Waals surface area contributed by atoms with Crippen LogP contribution in [0.2, 0.25) is 0 Å². The first-order valence-corrected chi connectivity index (χ1v) is 8.78. The first kappa shape index (κ1) is 15.9. The minimum absolute atomic E-state index is 0.460. The van der Waals surface area contributed by atoms with E-state index in [4.69, 9.17) is 9.26 Å². The second-order valence-electron chi connectivity index (χ2n) is 6.51. The topological polar surface area (TPSA) is 47.3 Å². The Hall–Kier alpha value is -2.59. The lowest BCUT2D eigenvalue weighted by atomic mass is 9.94. The van der Waals surface area contributed by atoms with Gasteiger partial charge in [-0.05, 0) is 36.1 Å². The molecule has 4 rings (SSSR count). The standard InChI is InChI=1S/C21H22N2O2/c1-2-4-20(5-3-1)24-15-17-8-6-16(7-9-17)13-22-19-11-10-18-14-23-25-21(18)12-19/h1-9,14,19,22H,10-13,15H2. The number of aromatic nitrogens is 1. The normalized spacial score (nSPS) is 16.4. The van der Waals surface area contributed by atoms with Crippen LogP contribution in [0.1, 0.15) is 28.9 Å². The van der Waals surface area contributed by atoms with Crippen LogP contribution in [0.3, 0.4) is 0 Å². The Bertz CT molecular complexity index is 796. The summed E-state index contributed by atoms with van der Waals surface area (Å²) in [5.74, 6) is 1.94. The molecule has 4 nitrogen and oxygen atoms in total. The summed E-state index contributed by atoms with van der Waals surface area (Å²) in [7, 11) is 0. The predicted octanol–water partition coefficient (Wildman–Crippen LogP) is 3.90. The van der Waals surface area contributed by atoms with Crippen molar-refractivity contribution in [2.45, 2.75) is 38.5 Å². The molecule has 1 aromatic heterocycles. The Morgan fingerprint density at radius 3 is 2.68 bits per heavy atom. The number of hydrogen-bond donors (Lipinski definition) is 1. The fraction of sp³-hybridized carbons (Fsp3) is 0.286. The van der Waals surface area contributed by atoms with E-state index in [9.17, 15) is 0 Å². The smallest absolute Gasteiger partial charge is 0.141 e. The molecule has 1 N–H and O–H groups in total. The Morgan fingerprint density at radius 2 is 1.84 bits per heavy atom. The van der Waals surface area contributed by atoms with Crippen LogP contribution in [0.15, 0.2) is 65.3 Å². The quantitative estimate of drug-likeness (QED) is 0.743. The zero-order chi connectivity index (χ0) is 16.9. The number of hydrogen-bond acceptors (Lipinski definition) is 4. The van der Waals surface area contributed by atoms with E-state index in [0.717, 1.165) is 37.3 Å². The molecule has 1 aliphatic rings. The molecule has 0 saturated carbocycles. The fourth-order valence-electron chi connectivity index (χ4n) is 3.19. The van der Waals surface area contributed by atoms with Gasteiger partial charge in [-0.15, -0.1) is 0 Å². The van der Waals surface area contributed by atoms with Crippen molar-refractivity contribution < 1.29 is 9.26 Å². The van der Waals surface area contributed by atoms with Crippen molar-refractivity contribution in [3.63, 3.8) is 0 Å². The van der Waals surface area contributed by atoms with Gasteiger partial charge in [0.1, 0.15) is 18.1 Å². The summed E-state index contributed by atoms with van der Waals surface area (Å²) in [5.41, 5.74) is 3.73. The van der Waals surface area contributed by atoms with E-state index in [0.29, 0.717) is 12.6 Å². The van der Waals surface area contributed by atoms with Crippen LogP contribution in [0.4, 0.5) is 0 Å².